The summed E-state index contributed by atoms with van der Waals surface area (Å²) in [6, 6.07) is 15.8. The first-order chi connectivity index (χ1) is 11.1. The SMILES string of the molecule is CCOC(=O)[C@@]1(C(=O)c2ccccc2)Cc2ccccc2C1O. The average molecular weight is 310 g/mol. The van der Waals surface area contributed by atoms with Crippen molar-refractivity contribution in [1.29, 1.82) is 0 Å². The monoisotopic (exact) mass is 310 g/mol. The second-order valence-corrected chi connectivity index (χ2v) is 5.67. The predicted octanol–water partition coefficient (Wildman–Crippen LogP) is 2.71. The molecule has 4 heteroatoms. The minimum atomic E-state index is -1.61. The van der Waals surface area contributed by atoms with Gasteiger partial charge in [-0.1, -0.05) is 54.6 Å². The van der Waals surface area contributed by atoms with Gasteiger partial charge in [-0.25, -0.2) is 0 Å². The highest BCUT2D eigenvalue weighted by molar-refractivity contribution is 6.14. The standard InChI is InChI=1S/C19H18O4/c1-2-23-18(22)19(16(20)13-8-4-3-5-9-13)12-14-10-6-7-11-15(14)17(19)21/h3-11,17,21H,2,12H2,1H3/t17?,19-/m1/s1. The number of benzene rings is 2. The molecule has 1 unspecified atom stereocenters. The van der Waals surface area contributed by atoms with E-state index in [2.05, 4.69) is 0 Å². The van der Waals surface area contributed by atoms with Crippen LogP contribution in [0.4, 0.5) is 0 Å². The number of carbonyl (C=O) groups is 2. The van der Waals surface area contributed by atoms with Crippen molar-refractivity contribution in [3.05, 3.63) is 71.3 Å². The fourth-order valence-electron chi connectivity index (χ4n) is 3.21. The van der Waals surface area contributed by atoms with Crippen LogP contribution in [0, 0.1) is 5.41 Å². The molecule has 1 N–H and O–H groups in total. The van der Waals surface area contributed by atoms with Crippen molar-refractivity contribution in [3.8, 4) is 0 Å². The first kappa shape index (κ1) is 15.4. The van der Waals surface area contributed by atoms with Gasteiger partial charge in [-0.05, 0) is 24.5 Å². The number of ether oxygens (including phenoxy) is 1. The molecule has 0 saturated heterocycles. The maximum absolute atomic E-state index is 13.1. The Balaban J connectivity index is 2.11. The number of esters is 1. The van der Waals surface area contributed by atoms with E-state index in [0.717, 1.165) is 5.56 Å². The van der Waals surface area contributed by atoms with Gasteiger partial charge in [0.25, 0.3) is 0 Å². The molecule has 1 aliphatic rings. The van der Waals surface area contributed by atoms with Crippen LogP contribution in [-0.4, -0.2) is 23.5 Å². The molecule has 0 radical (unpaired) electrons. The normalized spacial score (nSPS) is 22.4. The van der Waals surface area contributed by atoms with Gasteiger partial charge in [0.2, 0.25) is 0 Å². The Bertz CT molecular complexity index is 738. The Morgan fingerprint density at radius 1 is 1.13 bits per heavy atom. The van der Waals surface area contributed by atoms with Crippen molar-refractivity contribution in [2.24, 2.45) is 5.41 Å². The Hall–Kier alpha value is -2.46. The van der Waals surface area contributed by atoms with Crippen LogP contribution in [-0.2, 0) is 16.0 Å². The molecule has 0 heterocycles. The van der Waals surface area contributed by atoms with Crippen LogP contribution in [0.2, 0.25) is 0 Å². The fraction of sp³-hybridized carbons (Fsp3) is 0.263. The quantitative estimate of drug-likeness (QED) is 0.536. The minimum Gasteiger partial charge on any atom is -0.465 e. The van der Waals surface area contributed by atoms with Gasteiger partial charge in [0, 0.05) is 5.56 Å². The Morgan fingerprint density at radius 3 is 2.43 bits per heavy atom. The van der Waals surface area contributed by atoms with E-state index in [4.69, 9.17) is 4.74 Å². The molecule has 4 nitrogen and oxygen atoms in total. The molecule has 2 aromatic carbocycles. The van der Waals surface area contributed by atoms with Gasteiger partial charge in [0.15, 0.2) is 11.2 Å². The van der Waals surface area contributed by atoms with Crippen molar-refractivity contribution in [1.82, 2.24) is 0 Å². The lowest BCUT2D eigenvalue weighted by Crippen LogP contribution is -2.44. The number of carbonyl (C=O) groups excluding carboxylic acids is 2. The first-order valence-electron chi connectivity index (χ1n) is 7.64. The molecule has 0 amide bonds. The van der Waals surface area contributed by atoms with E-state index in [9.17, 15) is 14.7 Å². The number of hydrogen-bond donors (Lipinski definition) is 1. The molecule has 23 heavy (non-hydrogen) atoms. The number of fused-ring (bicyclic) bond motifs is 1. The third-order valence-electron chi connectivity index (χ3n) is 4.37. The molecule has 2 atom stereocenters. The zero-order chi connectivity index (χ0) is 16.4. The van der Waals surface area contributed by atoms with Crippen LogP contribution in [0.1, 0.15) is 34.5 Å². The van der Waals surface area contributed by atoms with Crippen molar-refractivity contribution < 1.29 is 19.4 Å². The summed E-state index contributed by atoms with van der Waals surface area (Å²) >= 11 is 0. The van der Waals surface area contributed by atoms with Crippen molar-refractivity contribution in [2.75, 3.05) is 6.61 Å². The topological polar surface area (TPSA) is 63.6 Å². The maximum Gasteiger partial charge on any atom is 0.323 e. The highest BCUT2D eigenvalue weighted by Gasteiger charge is 2.57. The lowest BCUT2D eigenvalue weighted by Gasteiger charge is -2.29. The maximum atomic E-state index is 13.1. The summed E-state index contributed by atoms with van der Waals surface area (Å²) in [4.78, 5) is 25.8. The zero-order valence-electron chi connectivity index (χ0n) is 12.9. The molecule has 2 aromatic rings. The molecule has 118 valence electrons. The van der Waals surface area contributed by atoms with Gasteiger partial charge < -0.3 is 9.84 Å². The van der Waals surface area contributed by atoms with E-state index >= 15 is 0 Å². The Morgan fingerprint density at radius 2 is 1.78 bits per heavy atom. The van der Waals surface area contributed by atoms with Gasteiger partial charge in [0.1, 0.15) is 6.10 Å². The minimum absolute atomic E-state index is 0.150. The van der Waals surface area contributed by atoms with Crippen LogP contribution < -0.4 is 0 Å². The summed E-state index contributed by atoms with van der Waals surface area (Å²) in [5.41, 5.74) is 0.204. The van der Waals surface area contributed by atoms with Gasteiger partial charge in [-0.3, -0.25) is 9.59 Å². The summed E-state index contributed by atoms with van der Waals surface area (Å²) in [5, 5.41) is 10.8. The van der Waals surface area contributed by atoms with E-state index in [-0.39, 0.29) is 13.0 Å². The summed E-state index contributed by atoms with van der Waals surface area (Å²) < 4.78 is 5.15. The predicted molar refractivity (Wildman–Crippen MR) is 84.9 cm³/mol. The van der Waals surface area contributed by atoms with E-state index in [1.807, 2.05) is 12.1 Å². The molecule has 0 aromatic heterocycles. The van der Waals surface area contributed by atoms with E-state index in [0.29, 0.717) is 11.1 Å². The molecular formula is C19H18O4. The summed E-state index contributed by atoms with van der Waals surface area (Å²) in [7, 11) is 0. The lowest BCUT2D eigenvalue weighted by atomic mass is 9.75. The van der Waals surface area contributed by atoms with Gasteiger partial charge >= 0.3 is 5.97 Å². The number of Topliss-reactive ketones (excluding diaryl/α,β-unsaturated/α-hetero) is 1. The number of aliphatic hydroxyl groups is 1. The Kier molecular flexibility index (Phi) is 4.01. The van der Waals surface area contributed by atoms with E-state index in [1.54, 1.807) is 49.4 Å². The molecule has 0 aliphatic heterocycles. The fourth-order valence-corrected chi connectivity index (χ4v) is 3.21. The number of ketones is 1. The number of rotatable bonds is 4. The van der Waals surface area contributed by atoms with E-state index < -0.39 is 23.3 Å². The third kappa shape index (κ3) is 2.35. The van der Waals surface area contributed by atoms with Crippen molar-refractivity contribution in [3.63, 3.8) is 0 Å². The largest absolute Gasteiger partial charge is 0.465 e. The van der Waals surface area contributed by atoms with Gasteiger partial charge in [0.05, 0.1) is 6.61 Å². The van der Waals surface area contributed by atoms with Crippen LogP contribution in [0.5, 0.6) is 0 Å². The molecule has 0 saturated carbocycles. The molecule has 0 fully saturated rings. The smallest absolute Gasteiger partial charge is 0.323 e. The van der Waals surface area contributed by atoms with Crippen LogP contribution in [0.3, 0.4) is 0 Å². The summed E-state index contributed by atoms with van der Waals surface area (Å²) in [6.45, 7) is 1.85. The van der Waals surface area contributed by atoms with Crippen LogP contribution >= 0.6 is 0 Å². The molecule has 0 spiro atoms. The second-order valence-electron chi connectivity index (χ2n) is 5.67. The van der Waals surface area contributed by atoms with Crippen LogP contribution in [0.15, 0.2) is 54.6 Å². The van der Waals surface area contributed by atoms with Crippen LogP contribution in [0.25, 0.3) is 0 Å². The average Bonchev–Trinajstić information content (AvgIpc) is 2.89. The highest BCUT2D eigenvalue weighted by Crippen LogP contribution is 2.48. The number of aliphatic hydroxyl groups excluding tert-OH is 1. The molecule has 0 bridgehead atoms. The molecular weight excluding hydrogens is 292 g/mol. The lowest BCUT2D eigenvalue weighted by molar-refractivity contribution is -0.157. The van der Waals surface area contributed by atoms with Crippen molar-refractivity contribution >= 4 is 11.8 Å². The zero-order valence-corrected chi connectivity index (χ0v) is 12.9. The summed E-state index contributed by atoms with van der Waals surface area (Å²) in [5.74, 6) is -1.07. The highest BCUT2D eigenvalue weighted by atomic mass is 16.5. The van der Waals surface area contributed by atoms with Crippen molar-refractivity contribution in [2.45, 2.75) is 19.4 Å². The molecule has 1 aliphatic carbocycles. The first-order valence-corrected chi connectivity index (χ1v) is 7.64. The number of hydrogen-bond acceptors (Lipinski definition) is 4. The second kappa shape index (κ2) is 5.97. The van der Waals surface area contributed by atoms with Gasteiger partial charge in [-0.15, -0.1) is 0 Å². The molecule has 3 rings (SSSR count). The Labute approximate surface area is 134 Å². The summed E-state index contributed by atoms with van der Waals surface area (Å²) in [6.07, 6.45) is -1.05. The van der Waals surface area contributed by atoms with Gasteiger partial charge in [-0.2, -0.15) is 0 Å². The third-order valence-corrected chi connectivity index (χ3v) is 4.37. The van der Waals surface area contributed by atoms with E-state index in [1.165, 1.54) is 0 Å².